The van der Waals surface area contributed by atoms with E-state index in [0.29, 0.717) is 25.1 Å². The minimum atomic E-state index is -3.01. The average Bonchev–Trinajstić information content (AvgIpc) is 3.32. The van der Waals surface area contributed by atoms with Crippen molar-refractivity contribution >= 4 is 50.0 Å². The van der Waals surface area contributed by atoms with E-state index in [-0.39, 0.29) is 9.79 Å². The van der Waals surface area contributed by atoms with Crippen LogP contribution in [0.15, 0.2) is 0 Å². The maximum Gasteiger partial charge on any atom is 0.518 e. The molecule has 2 bridgehead atoms. The van der Waals surface area contributed by atoms with Crippen LogP contribution in [-0.4, -0.2) is 38.2 Å². The molecule has 0 heterocycles. The van der Waals surface area contributed by atoms with E-state index in [1.165, 1.54) is 57.8 Å². The maximum absolute atomic E-state index is 6.74. The topological polar surface area (TPSA) is 27.7 Å². The molecule has 4 unspecified atom stereocenters. The number of thiol groups is 2. The van der Waals surface area contributed by atoms with Gasteiger partial charge in [-0.3, -0.25) is 0 Å². The van der Waals surface area contributed by atoms with E-state index in [1.54, 1.807) is 9.83 Å². The Bertz CT molecular complexity index is 533. The zero-order valence-corrected chi connectivity index (χ0v) is 23.2. The summed E-state index contributed by atoms with van der Waals surface area (Å²) in [7, 11) is -2.72. The van der Waals surface area contributed by atoms with E-state index in [4.69, 9.17) is 36.6 Å². The van der Waals surface area contributed by atoms with Crippen LogP contribution in [0.5, 0.6) is 0 Å². The van der Waals surface area contributed by atoms with E-state index in [0.717, 1.165) is 12.3 Å². The molecule has 3 rings (SSSR count). The second kappa shape index (κ2) is 10.2. The Morgan fingerprint density at radius 2 is 1.52 bits per heavy atom. The summed E-state index contributed by atoms with van der Waals surface area (Å²) >= 11 is 10.7. The molecule has 3 nitrogen and oxygen atoms in total. The third kappa shape index (κ3) is 3.81. The number of fused-ring (bicyclic) bond motifs is 2. The molecule has 0 aromatic carbocycles. The molecule has 0 N–H and O–H groups in total. The molecule has 3 aliphatic rings. The Morgan fingerprint density at radius 3 is 1.97 bits per heavy atom. The molecular formula is C21H42O3S4Si. The van der Waals surface area contributed by atoms with Crippen LogP contribution in [0.2, 0.25) is 0 Å². The van der Waals surface area contributed by atoms with Gasteiger partial charge in [-0.05, 0) is 86.9 Å². The van der Waals surface area contributed by atoms with E-state index >= 15 is 0 Å². The predicted octanol–water partition coefficient (Wildman–Crippen LogP) is 7.39. The summed E-state index contributed by atoms with van der Waals surface area (Å²) in [6, 6.07) is 0. The lowest BCUT2D eigenvalue weighted by atomic mass is 9.80. The fourth-order valence-electron chi connectivity index (χ4n) is 6.90. The van der Waals surface area contributed by atoms with Gasteiger partial charge in [0.15, 0.2) is 0 Å². The Kier molecular flexibility index (Phi) is 8.82. The highest BCUT2D eigenvalue weighted by Crippen LogP contribution is 2.89. The standard InChI is InChI=1S/C21H42O3S4Si/c1-5-20-15-14-18(16-20)17-21(20,29(22-6-2,23-7-3)24-8-4)28(26,27-25)19-12-10-9-11-13-19/h18-19,25-26H,5-17H2,1-4H3. The predicted molar refractivity (Wildman–Crippen MR) is 138 cm³/mol. The van der Waals surface area contributed by atoms with Gasteiger partial charge in [0.2, 0.25) is 0 Å². The van der Waals surface area contributed by atoms with Crippen LogP contribution in [0.3, 0.4) is 0 Å². The Labute approximate surface area is 195 Å². The molecule has 0 aromatic heterocycles. The molecule has 0 spiro atoms. The summed E-state index contributed by atoms with van der Waals surface area (Å²) in [5, 5.41) is 0.609. The van der Waals surface area contributed by atoms with Gasteiger partial charge >= 0.3 is 8.80 Å². The van der Waals surface area contributed by atoms with Gasteiger partial charge in [0.05, 0.1) is 4.37 Å². The summed E-state index contributed by atoms with van der Waals surface area (Å²) in [6.45, 7) is 10.6. The van der Waals surface area contributed by atoms with Crippen molar-refractivity contribution in [3.8, 4) is 0 Å². The van der Waals surface area contributed by atoms with E-state index < -0.39 is 16.9 Å². The van der Waals surface area contributed by atoms with Crippen molar-refractivity contribution in [3.05, 3.63) is 0 Å². The third-order valence-corrected chi connectivity index (χ3v) is 25.6. The van der Waals surface area contributed by atoms with Crippen molar-refractivity contribution in [1.29, 1.82) is 0 Å². The van der Waals surface area contributed by atoms with E-state index in [1.807, 2.05) is 0 Å². The average molecular weight is 499 g/mol. The Morgan fingerprint density at radius 1 is 0.931 bits per heavy atom. The fraction of sp³-hybridized carbons (Fsp3) is 1.00. The van der Waals surface area contributed by atoms with Gasteiger partial charge in [0.1, 0.15) is 0 Å². The van der Waals surface area contributed by atoms with Crippen LogP contribution < -0.4 is 0 Å². The highest BCUT2D eigenvalue weighted by molar-refractivity contribution is 9.34. The van der Waals surface area contributed by atoms with Crippen LogP contribution in [0, 0.1) is 11.3 Å². The van der Waals surface area contributed by atoms with Gasteiger partial charge in [-0.2, -0.15) is 0 Å². The smallest absolute Gasteiger partial charge is 0.373 e. The first-order valence-electron chi connectivity index (χ1n) is 11.7. The molecule has 0 aliphatic heterocycles. The quantitative estimate of drug-likeness (QED) is 0.176. The van der Waals surface area contributed by atoms with Crippen molar-refractivity contribution < 1.29 is 13.3 Å². The van der Waals surface area contributed by atoms with Crippen molar-refractivity contribution in [2.45, 2.75) is 102 Å². The minimum absolute atomic E-state index is 0.107. The summed E-state index contributed by atoms with van der Waals surface area (Å²) in [4.78, 5) is 0. The van der Waals surface area contributed by atoms with Gasteiger partial charge in [-0.15, -0.1) is 31.4 Å². The molecule has 0 aromatic rings. The molecule has 0 amide bonds. The van der Waals surface area contributed by atoms with Crippen LogP contribution >= 0.6 is 41.2 Å². The lowest BCUT2D eigenvalue weighted by Crippen LogP contribution is -2.72. The third-order valence-electron chi connectivity index (χ3n) is 7.93. The zero-order valence-electron chi connectivity index (χ0n) is 18.8. The summed E-state index contributed by atoms with van der Waals surface area (Å²) in [5.74, 6) is 0.756. The van der Waals surface area contributed by atoms with E-state index in [2.05, 4.69) is 27.7 Å². The second-order valence-electron chi connectivity index (χ2n) is 9.03. The normalized spacial score (nSPS) is 36.3. The molecule has 29 heavy (non-hydrogen) atoms. The monoisotopic (exact) mass is 498 g/mol. The molecule has 3 aliphatic carbocycles. The van der Waals surface area contributed by atoms with Crippen LogP contribution in [0.25, 0.3) is 0 Å². The van der Waals surface area contributed by atoms with Gasteiger partial charge in [0, 0.05) is 25.1 Å². The van der Waals surface area contributed by atoms with Crippen molar-refractivity contribution in [2.24, 2.45) is 11.3 Å². The van der Waals surface area contributed by atoms with Gasteiger partial charge in [-0.25, -0.2) is 0 Å². The summed E-state index contributed by atoms with van der Waals surface area (Å²) in [6.07, 6.45) is 12.8. The summed E-state index contributed by atoms with van der Waals surface area (Å²) < 4.78 is 20.1. The Hall–Kier alpha value is 1.50. The number of hydrogen-bond acceptors (Lipinski definition) is 6. The molecule has 0 radical (unpaired) electrons. The number of hydrogen-bond donors (Lipinski definition) is 2. The molecule has 3 fully saturated rings. The van der Waals surface area contributed by atoms with Crippen molar-refractivity contribution in [3.63, 3.8) is 0 Å². The maximum atomic E-state index is 6.74. The largest absolute Gasteiger partial charge is 0.518 e. The number of rotatable bonds is 11. The lowest BCUT2D eigenvalue weighted by molar-refractivity contribution is 0.0345. The van der Waals surface area contributed by atoms with Crippen LogP contribution in [0.1, 0.15) is 91.9 Å². The highest BCUT2D eigenvalue weighted by Gasteiger charge is 2.80. The fourth-order valence-corrected chi connectivity index (χ4v) is 24.9. The van der Waals surface area contributed by atoms with Crippen LogP contribution in [0.4, 0.5) is 0 Å². The van der Waals surface area contributed by atoms with Gasteiger partial charge in [-0.1, -0.05) is 26.2 Å². The molecule has 3 saturated carbocycles. The molecule has 172 valence electrons. The van der Waals surface area contributed by atoms with Crippen molar-refractivity contribution in [2.75, 3.05) is 19.8 Å². The second-order valence-corrected chi connectivity index (χ2v) is 20.7. The SMILES string of the molecule is CCO[Si](OCC)(OCC)C1(S(S)(SS)C2CCCCC2)CC2CCC1(CC)C2. The molecular weight excluding hydrogens is 457 g/mol. The van der Waals surface area contributed by atoms with Gasteiger partial charge in [0.25, 0.3) is 0 Å². The first-order valence-corrected chi connectivity index (χ1v) is 18.6. The van der Waals surface area contributed by atoms with E-state index in [9.17, 15) is 0 Å². The van der Waals surface area contributed by atoms with Crippen LogP contribution in [-0.2, 0) is 13.3 Å². The summed E-state index contributed by atoms with van der Waals surface area (Å²) in [5.41, 5.74) is 0.216. The highest BCUT2D eigenvalue weighted by atomic mass is 33.7. The lowest BCUT2D eigenvalue weighted by Gasteiger charge is -2.64. The first kappa shape index (κ1) is 25.1. The Balaban J connectivity index is 2.24. The molecule has 4 atom stereocenters. The minimum Gasteiger partial charge on any atom is -0.373 e. The van der Waals surface area contributed by atoms with Crippen molar-refractivity contribution in [1.82, 2.24) is 0 Å². The van der Waals surface area contributed by atoms with Gasteiger partial charge < -0.3 is 13.3 Å². The zero-order chi connectivity index (χ0) is 21.2. The molecule has 0 saturated heterocycles. The molecule has 8 heteroatoms. The first-order chi connectivity index (χ1) is 13.9.